The van der Waals surface area contributed by atoms with Crippen LogP contribution in [-0.4, -0.2) is 34.5 Å². The summed E-state index contributed by atoms with van der Waals surface area (Å²) in [6.07, 6.45) is -2.54. The van der Waals surface area contributed by atoms with Crippen LogP contribution in [0.4, 0.5) is 5.82 Å². The summed E-state index contributed by atoms with van der Waals surface area (Å²) < 4.78 is 27.4. The Morgan fingerprint density at radius 2 is 1.21 bits per heavy atom. The van der Waals surface area contributed by atoms with Crippen LogP contribution in [0.15, 0.2) is 120 Å². The molecule has 0 amide bonds. The third kappa shape index (κ3) is 6.27. The van der Waals surface area contributed by atoms with E-state index < -0.39 is 30.2 Å². The molecule has 42 heavy (non-hydrogen) atoms. The summed E-state index contributed by atoms with van der Waals surface area (Å²) in [5.41, 5.74) is 9.30. The summed E-state index contributed by atoms with van der Waals surface area (Å²) in [4.78, 5) is 17.5. The molecule has 0 aliphatic carbocycles. The summed E-state index contributed by atoms with van der Waals surface area (Å²) in [5.74, 6) is 0.172. The summed E-state index contributed by atoms with van der Waals surface area (Å²) in [6.45, 7) is 1.31. The van der Waals surface area contributed by atoms with Gasteiger partial charge in [0.05, 0.1) is 31.9 Å². The fourth-order valence-corrected chi connectivity index (χ4v) is 5.30. The molecule has 1 saturated heterocycles. The Morgan fingerprint density at radius 3 is 1.83 bits per heavy atom. The summed E-state index contributed by atoms with van der Waals surface area (Å²) in [7, 11) is 0. The molecule has 1 aromatic heterocycles. The van der Waals surface area contributed by atoms with E-state index in [9.17, 15) is 4.79 Å². The first-order valence-corrected chi connectivity index (χ1v) is 14.0. The lowest BCUT2D eigenvalue weighted by atomic mass is 10.1. The van der Waals surface area contributed by atoms with E-state index >= 15 is 0 Å². The number of fused-ring (bicyclic) bond motifs is 1. The SMILES string of the molecule is Nc1nc(=O)n([C@@H]2O[C@H](COCc3ccccc3)[C@@H](OCc3ccccc3)[C@H]2OCc2ccccc2)c2ccccc12. The number of anilines is 1. The molecule has 4 atom stereocenters. The van der Waals surface area contributed by atoms with Gasteiger partial charge in [0.2, 0.25) is 0 Å². The number of nitrogens with zero attached hydrogens (tertiary/aromatic N) is 2. The molecule has 8 nitrogen and oxygen atoms in total. The van der Waals surface area contributed by atoms with E-state index in [2.05, 4.69) is 4.98 Å². The fraction of sp³-hybridized carbons (Fsp3) is 0.235. The van der Waals surface area contributed by atoms with Gasteiger partial charge >= 0.3 is 5.69 Å². The van der Waals surface area contributed by atoms with Crippen molar-refractivity contribution in [2.75, 3.05) is 12.3 Å². The van der Waals surface area contributed by atoms with Crippen LogP contribution in [0.2, 0.25) is 0 Å². The van der Waals surface area contributed by atoms with Gasteiger partial charge in [0, 0.05) is 5.39 Å². The molecule has 214 valence electrons. The second-order valence-corrected chi connectivity index (χ2v) is 10.3. The van der Waals surface area contributed by atoms with Crippen molar-refractivity contribution >= 4 is 16.7 Å². The second-order valence-electron chi connectivity index (χ2n) is 10.3. The summed E-state index contributed by atoms with van der Waals surface area (Å²) >= 11 is 0. The third-order valence-electron chi connectivity index (χ3n) is 7.37. The lowest BCUT2D eigenvalue weighted by Gasteiger charge is -2.26. The van der Waals surface area contributed by atoms with Crippen molar-refractivity contribution in [3.8, 4) is 0 Å². The van der Waals surface area contributed by atoms with Crippen LogP contribution in [0, 0.1) is 0 Å². The molecule has 1 fully saturated rings. The van der Waals surface area contributed by atoms with Gasteiger partial charge in [-0.3, -0.25) is 4.57 Å². The molecule has 8 heteroatoms. The van der Waals surface area contributed by atoms with Gasteiger partial charge in [-0.05, 0) is 28.8 Å². The van der Waals surface area contributed by atoms with E-state index in [4.69, 9.17) is 24.7 Å². The quantitative estimate of drug-likeness (QED) is 0.234. The lowest BCUT2D eigenvalue weighted by molar-refractivity contribution is -0.0916. The van der Waals surface area contributed by atoms with Crippen LogP contribution in [0.3, 0.4) is 0 Å². The predicted molar refractivity (Wildman–Crippen MR) is 160 cm³/mol. The number of rotatable bonds is 11. The smallest absolute Gasteiger partial charge is 0.352 e. The van der Waals surface area contributed by atoms with Crippen LogP contribution in [0.5, 0.6) is 0 Å². The molecule has 0 spiro atoms. The lowest BCUT2D eigenvalue weighted by Crippen LogP contribution is -2.40. The molecule has 1 aliphatic heterocycles. The van der Waals surface area contributed by atoms with Gasteiger partial charge in [0.25, 0.3) is 0 Å². The monoisotopic (exact) mass is 563 g/mol. The molecule has 1 aliphatic rings. The molecular weight excluding hydrogens is 530 g/mol. The predicted octanol–water partition coefficient (Wildman–Crippen LogP) is 5.26. The van der Waals surface area contributed by atoms with Crippen molar-refractivity contribution in [3.05, 3.63) is 142 Å². The van der Waals surface area contributed by atoms with Gasteiger partial charge in [-0.2, -0.15) is 4.98 Å². The Balaban J connectivity index is 1.35. The zero-order chi connectivity index (χ0) is 28.7. The first kappa shape index (κ1) is 27.8. The zero-order valence-corrected chi connectivity index (χ0v) is 23.1. The maximum Gasteiger partial charge on any atom is 0.352 e. The molecule has 2 N–H and O–H groups in total. The highest BCUT2D eigenvalue weighted by Gasteiger charge is 2.48. The summed E-state index contributed by atoms with van der Waals surface area (Å²) in [6, 6.07) is 37.2. The maximum absolute atomic E-state index is 13.4. The first-order chi connectivity index (χ1) is 20.7. The molecule has 0 unspecified atom stereocenters. The summed E-state index contributed by atoms with van der Waals surface area (Å²) in [5, 5.41) is 0.660. The zero-order valence-electron chi connectivity index (χ0n) is 23.1. The Bertz CT molecular complexity index is 1650. The van der Waals surface area contributed by atoms with Crippen molar-refractivity contribution in [2.24, 2.45) is 0 Å². The number of aromatic nitrogens is 2. The van der Waals surface area contributed by atoms with Gasteiger partial charge in [0.1, 0.15) is 24.1 Å². The highest BCUT2D eigenvalue weighted by atomic mass is 16.6. The van der Waals surface area contributed by atoms with Gasteiger partial charge < -0.3 is 24.7 Å². The number of ether oxygens (including phenoxy) is 4. The van der Waals surface area contributed by atoms with Crippen molar-refractivity contribution in [2.45, 2.75) is 44.4 Å². The second kappa shape index (κ2) is 13.1. The minimum atomic E-state index is -0.828. The van der Waals surface area contributed by atoms with E-state index in [1.807, 2.05) is 115 Å². The fourth-order valence-electron chi connectivity index (χ4n) is 5.30. The number of hydrogen-bond acceptors (Lipinski definition) is 7. The van der Waals surface area contributed by atoms with Gasteiger partial charge in [0.15, 0.2) is 6.23 Å². The van der Waals surface area contributed by atoms with Crippen LogP contribution in [0.1, 0.15) is 22.9 Å². The van der Waals surface area contributed by atoms with E-state index in [-0.39, 0.29) is 12.4 Å². The number of nitrogen functional groups attached to an aromatic ring is 1. The van der Waals surface area contributed by atoms with Crippen molar-refractivity contribution in [1.82, 2.24) is 9.55 Å². The van der Waals surface area contributed by atoms with Crippen molar-refractivity contribution in [3.63, 3.8) is 0 Å². The molecular formula is C34H33N3O5. The van der Waals surface area contributed by atoms with E-state index in [0.717, 1.165) is 16.7 Å². The van der Waals surface area contributed by atoms with Crippen LogP contribution >= 0.6 is 0 Å². The Kier molecular flexibility index (Phi) is 8.67. The van der Waals surface area contributed by atoms with E-state index in [1.165, 1.54) is 4.57 Å². The Morgan fingerprint density at radius 1 is 0.690 bits per heavy atom. The average molecular weight is 564 g/mol. The Hall–Kier alpha value is -4.34. The van der Waals surface area contributed by atoms with Gasteiger partial charge in [-0.15, -0.1) is 0 Å². The number of nitrogens with two attached hydrogens (primary N) is 1. The van der Waals surface area contributed by atoms with Crippen LogP contribution in [0.25, 0.3) is 10.9 Å². The van der Waals surface area contributed by atoms with E-state index in [1.54, 1.807) is 0 Å². The first-order valence-electron chi connectivity index (χ1n) is 14.0. The van der Waals surface area contributed by atoms with Gasteiger partial charge in [-0.1, -0.05) is 103 Å². The maximum atomic E-state index is 13.4. The minimum absolute atomic E-state index is 0.172. The third-order valence-corrected chi connectivity index (χ3v) is 7.37. The van der Waals surface area contributed by atoms with Gasteiger partial charge in [-0.25, -0.2) is 4.79 Å². The van der Waals surface area contributed by atoms with Crippen molar-refractivity contribution in [1.29, 1.82) is 0 Å². The normalized spacial score (nSPS) is 20.2. The topological polar surface area (TPSA) is 97.8 Å². The average Bonchev–Trinajstić information content (AvgIpc) is 3.37. The standard InChI is InChI=1S/C34H33N3O5/c35-32-27-18-10-11-19-28(27)37(34(38)36-32)33-31(41-22-26-16-8-3-9-17-26)30(40-21-25-14-6-2-7-15-25)29(42-33)23-39-20-24-12-4-1-5-13-24/h1-19,29-31,33H,20-23H2,(H2,35,36,38)/t29-,30-,31-,33-/m1/s1. The van der Waals surface area contributed by atoms with Crippen LogP contribution < -0.4 is 11.4 Å². The Labute approximate surface area is 244 Å². The molecule has 5 aromatic rings. The molecule has 4 aromatic carbocycles. The number of hydrogen-bond donors (Lipinski definition) is 1. The molecule has 0 radical (unpaired) electrons. The molecule has 6 rings (SSSR count). The largest absolute Gasteiger partial charge is 0.383 e. The number of para-hydroxylation sites is 1. The van der Waals surface area contributed by atoms with Crippen molar-refractivity contribution < 1.29 is 18.9 Å². The molecule has 2 heterocycles. The van der Waals surface area contributed by atoms with E-state index in [0.29, 0.717) is 30.7 Å². The molecule has 0 bridgehead atoms. The minimum Gasteiger partial charge on any atom is -0.383 e. The highest BCUT2D eigenvalue weighted by molar-refractivity contribution is 5.88. The number of benzene rings is 4. The van der Waals surface area contributed by atoms with Crippen LogP contribution in [-0.2, 0) is 38.8 Å². The highest BCUT2D eigenvalue weighted by Crippen LogP contribution is 2.36. The molecule has 0 saturated carbocycles.